The lowest BCUT2D eigenvalue weighted by molar-refractivity contribution is 0.0976. The number of carbonyl (C=O) groups is 1. The molecular weight excluding hydrogens is 337 g/mol. The first-order chi connectivity index (χ1) is 10.9. The van der Waals surface area contributed by atoms with E-state index in [0.717, 1.165) is 16.8 Å². The molecule has 0 unspecified atom stereocenters. The zero-order valence-electron chi connectivity index (χ0n) is 12.7. The van der Waals surface area contributed by atoms with Crippen molar-refractivity contribution in [1.82, 2.24) is 0 Å². The molecule has 1 aliphatic rings. The Hall–Kier alpha value is -1.91. The van der Waals surface area contributed by atoms with E-state index in [-0.39, 0.29) is 21.7 Å². The monoisotopic (exact) mass is 351 g/mol. The van der Waals surface area contributed by atoms with Crippen LogP contribution in [-0.2, 0) is 0 Å². The Morgan fingerprint density at radius 2 is 1.83 bits per heavy atom. The van der Waals surface area contributed by atoms with Gasteiger partial charge in [0.25, 0.3) is 5.91 Å². The molecule has 0 bridgehead atoms. The Labute approximate surface area is 144 Å². The maximum Gasteiger partial charge on any atom is 0.258 e. The van der Waals surface area contributed by atoms with Gasteiger partial charge in [-0.2, -0.15) is 0 Å². The normalized spacial score (nSPS) is 13.5. The smallest absolute Gasteiger partial charge is 0.258 e. The van der Waals surface area contributed by atoms with Crippen molar-refractivity contribution in [3.63, 3.8) is 0 Å². The highest BCUT2D eigenvalue weighted by Crippen LogP contribution is 2.38. The van der Waals surface area contributed by atoms with Crippen LogP contribution in [-0.4, -0.2) is 24.2 Å². The number of nitrogens with zero attached hydrogens (tertiary/aromatic N) is 1. The fourth-order valence-electron chi connectivity index (χ4n) is 2.74. The number of aryl methyl sites for hydroxylation is 2. The fourth-order valence-corrected chi connectivity index (χ4v) is 3.22. The highest BCUT2D eigenvalue weighted by atomic mass is 35.5. The third-order valence-corrected chi connectivity index (χ3v) is 4.34. The second-order valence-electron chi connectivity index (χ2n) is 5.52. The first-order valence-electron chi connectivity index (χ1n) is 7.12. The van der Waals surface area contributed by atoms with Crippen LogP contribution in [0.4, 0.5) is 5.69 Å². The Balaban J connectivity index is 2.06. The van der Waals surface area contributed by atoms with Crippen LogP contribution in [0.25, 0.3) is 0 Å². The summed E-state index contributed by atoms with van der Waals surface area (Å²) >= 11 is 11.8. The molecule has 2 aromatic carbocycles. The van der Waals surface area contributed by atoms with Crippen molar-refractivity contribution in [2.24, 2.45) is 0 Å². The maximum absolute atomic E-state index is 12.9. The number of phenolic OH excluding ortho intramolecular Hbond substituents is 1. The van der Waals surface area contributed by atoms with Gasteiger partial charge in [0.2, 0.25) is 0 Å². The third-order valence-electron chi connectivity index (χ3n) is 3.76. The minimum atomic E-state index is -0.233. The van der Waals surface area contributed by atoms with Gasteiger partial charge in [-0.15, -0.1) is 0 Å². The summed E-state index contributed by atoms with van der Waals surface area (Å²) in [5.74, 6) is 0.258. The van der Waals surface area contributed by atoms with E-state index in [4.69, 9.17) is 27.9 Å². The fraction of sp³-hybridized carbons (Fsp3) is 0.235. The van der Waals surface area contributed by atoms with Gasteiger partial charge in [-0.3, -0.25) is 4.79 Å². The lowest BCUT2D eigenvalue weighted by atomic mass is 10.1. The lowest BCUT2D eigenvalue weighted by Crippen LogP contribution is -2.38. The van der Waals surface area contributed by atoms with E-state index in [2.05, 4.69) is 0 Å². The Morgan fingerprint density at radius 1 is 1.17 bits per heavy atom. The summed E-state index contributed by atoms with van der Waals surface area (Å²) < 4.78 is 5.71. The molecule has 0 fully saturated rings. The molecule has 2 aromatic rings. The minimum absolute atomic E-state index is 0.0507. The van der Waals surface area contributed by atoms with E-state index in [9.17, 15) is 9.90 Å². The summed E-state index contributed by atoms with van der Waals surface area (Å²) in [7, 11) is 0. The van der Waals surface area contributed by atoms with Crippen LogP contribution in [0.1, 0.15) is 21.5 Å². The number of aromatic hydroxyl groups is 1. The zero-order valence-corrected chi connectivity index (χ0v) is 14.2. The van der Waals surface area contributed by atoms with E-state index in [1.807, 2.05) is 26.0 Å². The van der Waals surface area contributed by atoms with Crippen molar-refractivity contribution >= 4 is 34.8 Å². The summed E-state index contributed by atoms with van der Waals surface area (Å²) in [4.78, 5) is 14.5. The molecule has 1 amide bonds. The van der Waals surface area contributed by atoms with E-state index in [1.54, 1.807) is 4.90 Å². The van der Waals surface area contributed by atoms with E-state index >= 15 is 0 Å². The quantitative estimate of drug-likeness (QED) is 0.830. The van der Waals surface area contributed by atoms with Crippen LogP contribution in [0.15, 0.2) is 24.3 Å². The molecule has 0 saturated carbocycles. The van der Waals surface area contributed by atoms with Crippen LogP contribution in [0.3, 0.4) is 0 Å². The van der Waals surface area contributed by atoms with Gasteiger partial charge >= 0.3 is 0 Å². The molecule has 4 nitrogen and oxygen atoms in total. The predicted octanol–water partition coefficient (Wildman–Crippen LogP) is 4.36. The number of phenols is 1. The van der Waals surface area contributed by atoms with Gasteiger partial charge < -0.3 is 14.7 Å². The molecule has 0 spiro atoms. The Bertz CT molecular complexity index is 782. The minimum Gasteiger partial charge on any atom is -0.505 e. The number of ether oxygens (including phenoxy) is 1. The molecule has 0 aliphatic carbocycles. The first kappa shape index (κ1) is 16.0. The van der Waals surface area contributed by atoms with Gasteiger partial charge in [-0.05, 0) is 43.2 Å². The van der Waals surface area contributed by atoms with Crippen LogP contribution in [0.2, 0.25) is 10.0 Å². The molecule has 0 atom stereocenters. The summed E-state index contributed by atoms with van der Waals surface area (Å²) in [6.45, 7) is 4.78. The number of halogens is 2. The third kappa shape index (κ3) is 2.84. The predicted molar refractivity (Wildman–Crippen MR) is 91.2 cm³/mol. The second-order valence-corrected chi connectivity index (χ2v) is 6.34. The summed E-state index contributed by atoms with van der Waals surface area (Å²) in [5, 5.41) is 9.75. The summed E-state index contributed by atoms with van der Waals surface area (Å²) in [6, 6.07) is 6.77. The van der Waals surface area contributed by atoms with Crippen LogP contribution in [0, 0.1) is 13.8 Å². The molecule has 6 heteroatoms. The van der Waals surface area contributed by atoms with Gasteiger partial charge in [0.1, 0.15) is 12.4 Å². The van der Waals surface area contributed by atoms with E-state index in [0.29, 0.717) is 24.5 Å². The second kappa shape index (κ2) is 5.95. The van der Waals surface area contributed by atoms with Crippen molar-refractivity contribution in [3.05, 3.63) is 51.0 Å². The number of hydrogen-bond donors (Lipinski definition) is 1. The zero-order chi connectivity index (χ0) is 16.7. The first-order valence-corrected chi connectivity index (χ1v) is 7.88. The van der Waals surface area contributed by atoms with E-state index < -0.39 is 0 Å². The lowest BCUT2D eigenvalue weighted by Gasteiger charge is -2.31. The molecule has 0 saturated heterocycles. The van der Waals surface area contributed by atoms with Crippen molar-refractivity contribution in [2.75, 3.05) is 18.1 Å². The average Bonchev–Trinajstić information content (AvgIpc) is 2.51. The molecule has 0 aromatic heterocycles. The molecule has 1 aliphatic heterocycles. The van der Waals surface area contributed by atoms with Crippen LogP contribution < -0.4 is 9.64 Å². The summed E-state index contributed by atoms with van der Waals surface area (Å²) in [5.41, 5.74) is 3.09. The number of rotatable bonds is 1. The Kier molecular flexibility index (Phi) is 4.13. The van der Waals surface area contributed by atoms with Crippen molar-refractivity contribution in [3.8, 4) is 11.5 Å². The number of hydrogen-bond acceptors (Lipinski definition) is 3. The van der Waals surface area contributed by atoms with Crippen molar-refractivity contribution < 1.29 is 14.6 Å². The molecule has 1 N–H and O–H groups in total. The number of anilines is 1. The van der Waals surface area contributed by atoms with Crippen LogP contribution in [0.5, 0.6) is 11.5 Å². The topological polar surface area (TPSA) is 49.8 Å². The number of amides is 1. The van der Waals surface area contributed by atoms with Crippen molar-refractivity contribution in [1.29, 1.82) is 0 Å². The molecule has 0 radical (unpaired) electrons. The van der Waals surface area contributed by atoms with Gasteiger partial charge in [-0.25, -0.2) is 0 Å². The number of fused-ring (bicyclic) bond motifs is 1. The van der Waals surface area contributed by atoms with Crippen LogP contribution >= 0.6 is 23.2 Å². The van der Waals surface area contributed by atoms with E-state index in [1.165, 1.54) is 12.1 Å². The SMILES string of the molecule is Cc1cc(C)c2c(c1)N(C(=O)c1cc(Cl)c(O)c(Cl)c1)CCO2. The molecule has 1 heterocycles. The summed E-state index contributed by atoms with van der Waals surface area (Å²) in [6.07, 6.45) is 0. The molecule has 23 heavy (non-hydrogen) atoms. The average molecular weight is 352 g/mol. The Morgan fingerprint density at radius 3 is 2.48 bits per heavy atom. The number of carbonyl (C=O) groups excluding carboxylic acids is 1. The highest BCUT2D eigenvalue weighted by Gasteiger charge is 2.27. The van der Waals surface area contributed by atoms with Gasteiger partial charge in [0.05, 0.1) is 22.3 Å². The van der Waals surface area contributed by atoms with Gasteiger partial charge in [-0.1, -0.05) is 29.3 Å². The maximum atomic E-state index is 12.9. The molecular formula is C17H15Cl2NO3. The van der Waals surface area contributed by atoms with Gasteiger partial charge in [0.15, 0.2) is 5.75 Å². The standard InChI is InChI=1S/C17H15Cl2NO3/c1-9-5-10(2)16-14(6-9)20(3-4-23-16)17(22)11-7-12(18)15(21)13(19)8-11/h5-8,21H,3-4H2,1-2H3. The molecule has 3 rings (SSSR count). The molecule has 120 valence electrons. The number of benzene rings is 2. The van der Waals surface area contributed by atoms with Gasteiger partial charge in [0, 0.05) is 5.56 Å². The highest BCUT2D eigenvalue weighted by molar-refractivity contribution is 6.37. The largest absolute Gasteiger partial charge is 0.505 e. The van der Waals surface area contributed by atoms with Crippen molar-refractivity contribution in [2.45, 2.75) is 13.8 Å².